The molecular formula is C18H21N3O2. The first-order chi connectivity index (χ1) is 11.2. The molecule has 4 rings (SSSR count). The average molecular weight is 311 g/mol. The minimum atomic E-state index is -0.356. The van der Waals surface area contributed by atoms with E-state index in [1.807, 2.05) is 10.7 Å². The second-order valence-corrected chi connectivity index (χ2v) is 6.39. The normalized spacial score (nSPS) is 18.3. The fourth-order valence-electron chi connectivity index (χ4n) is 3.80. The largest absolute Gasteiger partial charge is 0.464 e. The molecule has 0 saturated heterocycles. The zero-order valence-corrected chi connectivity index (χ0v) is 13.4. The standard InChI is InChI=1S/C18H21N3O2/c1-23-18(22)17-11-16-12-20(7-4-8-21(16)19-17)15-9-13-5-2-3-6-14(13)10-15/h2-3,5-6,11,15H,4,7-10,12H2,1H3. The summed E-state index contributed by atoms with van der Waals surface area (Å²) in [5, 5.41) is 4.40. The smallest absolute Gasteiger partial charge is 0.358 e. The molecule has 1 aromatic carbocycles. The number of fused-ring (bicyclic) bond motifs is 2. The van der Waals surface area contributed by atoms with Crippen molar-refractivity contribution in [2.45, 2.75) is 38.4 Å². The molecule has 2 aromatic rings. The van der Waals surface area contributed by atoms with Crippen molar-refractivity contribution in [3.8, 4) is 0 Å². The van der Waals surface area contributed by atoms with Crippen LogP contribution in [0.5, 0.6) is 0 Å². The Bertz CT molecular complexity index is 713. The van der Waals surface area contributed by atoms with E-state index >= 15 is 0 Å². The summed E-state index contributed by atoms with van der Waals surface area (Å²) in [6, 6.07) is 11.2. The van der Waals surface area contributed by atoms with Gasteiger partial charge in [0.05, 0.1) is 12.8 Å². The van der Waals surface area contributed by atoms with Crippen LogP contribution in [-0.2, 0) is 30.7 Å². The van der Waals surface area contributed by atoms with Gasteiger partial charge in [0.25, 0.3) is 0 Å². The van der Waals surface area contributed by atoms with Gasteiger partial charge in [-0.25, -0.2) is 4.79 Å². The van der Waals surface area contributed by atoms with Gasteiger partial charge in [-0.2, -0.15) is 5.10 Å². The molecule has 0 amide bonds. The SMILES string of the molecule is COC(=O)c1cc2n(n1)CCCN(C1Cc3ccccc3C1)C2. The van der Waals surface area contributed by atoms with Gasteiger partial charge < -0.3 is 4.74 Å². The molecule has 0 N–H and O–H groups in total. The molecule has 23 heavy (non-hydrogen) atoms. The van der Waals surface area contributed by atoms with Gasteiger partial charge in [0.2, 0.25) is 0 Å². The summed E-state index contributed by atoms with van der Waals surface area (Å²) < 4.78 is 6.75. The molecule has 1 aromatic heterocycles. The minimum absolute atomic E-state index is 0.356. The lowest BCUT2D eigenvalue weighted by molar-refractivity contribution is 0.0593. The van der Waals surface area contributed by atoms with Gasteiger partial charge >= 0.3 is 5.97 Å². The summed E-state index contributed by atoms with van der Waals surface area (Å²) in [6.07, 6.45) is 3.30. The number of methoxy groups -OCH3 is 1. The van der Waals surface area contributed by atoms with Gasteiger partial charge in [-0.05, 0) is 36.5 Å². The summed E-state index contributed by atoms with van der Waals surface area (Å²) in [5.41, 5.74) is 4.48. The number of hydrogen-bond donors (Lipinski definition) is 0. The van der Waals surface area contributed by atoms with Crippen LogP contribution in [0.2, 0.25) is 0 Å². The molecule has 2 heterocycles. The van der Waals surface area contributed by atoms with Crippen molar-refractivity contribution in [1.29, 1.82) is 0 Å². The number of carbonyl (C=O) groups is 1. The number of carbonyl (C=O) groups excluding carboxylic acids is 1. The van der Waals surface area contributed by atoms with Crippen LogP contribution in [0.15, 0.2) is 30.3 Å². The zero-order chi connectivity index (χ0) is 15.8. The Morgan fingerprint density at radius 2 is 1.96 bits per heavy atom. The van der Waals surface area contributed by atoms with E-state index in [0.717, 1.165) is 44.6 Å². The van der Waals surface area contributed by atoms with E-state index in [1.54, 1.807) is 0 Å². The number of benzene rings is 1. The highest BCUT2D eigenvalue weighted by Gasteiger charge is 2.29. The van der Waals surface area contributed by atoms with Crippen LogP contribution >= 0.6 is 0 Å². The lowest BCUT2D eigenvalue weighted by Gasteiger charge is -2.26. The first-order valence-electron chi connectivity index (χ1n) is 8.20. The molecule has 120 valence electrons. The third kappa shape index (κ3) is 2.65. The monoisotopic (exact) mass is 311 g/mol. The third-order valence-corrected chi connectivity index (χ3v) is 4.98. The first kappa shape index (κ1) is 14.5. The molecule has 0 unspecified atom stereocenters. The highest BCUT2D eigenvalue weighted by Crippen LogP contribution is 2.27. The van der Waals surface area contributed by atoms with E-state index in [2.05, 4.69) is 34.3 Å². The molecule has 1 aliphatic carbocycles. The summed E-state index contributed by atoms with van der Waals surface area (Å²) >= 11 is 0. The Kier molecular flexibility index (Phi) is 3.65. The molecule has 0 bridgehead atoms. The van der Waals surface area contributed by atoms with Crippen molar-refractivity contribution in [2.75, 3.05) is 13.7 Å². The second kappa shape index (κ2) is 5.81. The van der Waals surface area contributed by atoms with Crippen LogP contribution in [0.25, 0.3) is 0 Å². The Morgan fingerprint density at radius 1 is 1.22 bits per heavy atom. The maximum atomic E-state index is 11.7. The summed E-state index contributed by atoms with van der Waals surface area (Å²) in [4.78, 5) is 14.2. The van der Waals surface area contributed by atoms with Crippen molar-refractivity contribution < 1.29 is 9.53 Å². The minimum Gasteiger partial charge on any atom is -0.464 e. The molecule has 0 spiro atoms. The lowest BCUT2D eigenvalue weighted by atomic mass is 10.1. The summed E-state index contributed by atoms with van der Waals surface area (Å²) in [5.74, 6) is -0.356. The number of esters is 1. The van der Waals surface area contributed by atoms with E-state index in [9.17, 15) is 4.79 Å². The van der Waals surface area contributed by atoms with Gasteiger partial charge in [-0.15, -0.1) is 0 Å². The summed E-state index contributed by atoms with van der Waals surface area (Å²) in [6.45, 7) is 2.79. The molecule has 5 heteroatoms. The van der Waals surface area contributed by atoms with Crippen molar-refractivity contribution in [2.24, 2.45) is 0 Å². The van der Waals surface area contributed by atoms with E-state index in [-0.39, 0.29) is 5.97 Å². The predicted octanol–water partition coefficient (Wildman–Crippen LogP) is 2.04. The van der Waals surface area contributed by atoms with Crippen molar-refractivity contribution in [3.63, 3.8) is 0 Å². The molecule has 0 saturated carbocycles. The molecule has 5 nitrogen and oxygen atoms in total. The van der Waals surface area contributed by atoms with Crippen LogP contribution in [0.3, 0.4) is 0 Å². The number of rotatable bonds is 2. The third-order valence-electron chi connectivity index (χ3n) is 4.98. The number of hydrogen-bond acceptors (Lipinski definition) is 4. The van der Waals surface area contributed by atoms with Gasteiger partial charge in [0.1, 0.15) is 0 Å². The molecule has 0 atom stereocenters. The van der Waals surface area contributed by atoms with Gasteiger partial charge in [0, 0.05) is 25.7 Å². The fraction of sp³-hybridized carbons (Fsp3) is 0.444. The van der Waals surface area contributed by atoms with Crippen LogP contribution in [-0.4, -0.2) is 40.3 Å². The maximum absolute atomic E-state index is 11.7. The Labute approximate surface area is 135 Å². The number of ether oxygens (including phenoxy) is 1. The van der Waals surface area contributed by atoms with E-state index < -0.39 is 0 Å². The van der Waals surface area contributed by atoms with Crippen molar-refractivity contribution >= 4 is 5.97 Å². The van der Waals surface area contributed by atoms with Crippen molar-refractivity contribution in [3.05, 3.63) is 52.8 Å². The maximum Gasteiger partial charge on any atom is 0.358 e. The molecular weight excluding hydrogens is 290 g/mol. The predicted molar refractivity (Wildman–Crippen MR) is 86.2 cm³/mol. The Hall–Kier alpha value is -2.14. The highest BCUT2D eigenvalue weighted by molar-refractivity contribution is 5.87. The van der Waals surface area contributed by atoms with Crippen LogP contribution in [0.1, 0.15) is 33.7 Å². The van der Waals surface area contributed by atoms with Crippen molar-refractivity contribution in [1.82, 2.24) is 14.7 Å². The number of aromatic nitrogens is 2. The second-order valence-electron chi connectivity index (χ2n) is 6.39. The van der Waals surface area contributed by atoms with E-state index in [1.165, 1.54) is 18.2 Å². The lowest BCUT2D eigenvalue weighted by Crippen LogP contribution is -2.35. The van der Waals surface area contributed by atoms with Crippen LogP contribution < -0.4 is 0 Å². The first-order valence-corrected chi connectivity index (χ1v) is 8.20. The Morgan fingerprint density at radius 3 is 2.65 bits per heavy atom. The number of nitrogens with zero attached hydrogens (tertiary/aromatic N) is 3. The number of aryl methyl sites for hydroxylation is 1. The fourth-order valence-corrected chi connectivity index (χ4v) is 3.80. The summed E-state index contributed by atoms with van der Waals surface area (Å²) in [7, 11) is 1.40. The van der Waals surface area contributed by atoms with Crippen LogP contribution in [0, 0.1) is 0 Å². The quantitative estimate of drug-likeness (QED) is 0.796. The Balaban J connectivity index is 1.54. The van der Waals surface area contributed by atoms with Crippen LogP contribution in [0.4, 0.5) is 0 Å². The van der Waals surface area contributed by atoms with Gasteiger partial charge in [-0.3, -0.25) is 9.58 Å². The molecule has 2 aliphatic rings. The zero-order valence-electron chi connectivity index (χ0n) is 13.4. The molecule has 0 fully saturated rings. The average Bonchev–Trinajstić information content (AvgIpc) is 3.13. The van der Waals surface area contributed by atoms with Gasteiger partial charge in [0.15, 0.2) is 5.69 Å². The van der Waals surface area contributed by atoms with Gasteiger partial charge in [-0.1, -0.05) is 24.3 Å². The molecule has 0 radical (unpaired) electrons. The van der Waals surface area contributed by atoms with E-state index in [0.29, 0.717) is 11.7 Å². The topological polar surface area (TPSA) is 47.4 Å². The highest BCUT2D eigenvalue weighted by atomic mass is 16.5. The molecule has 1 aliphatic heterocycles. The van der Waals surface area contributed by atoms with E-state index in [4.69, 9.17) is 4.74 Å².